The first-order chi connectivity index (χ1) is 11.4. The summed E-state index contributed by atoms with van der Waals surface area (Å²) >= 11 is 0. The number of rotatable bonds is 4. The average molecular weight is 347 g/mol. The normalized spacial score (nSPS) is 16.3. The first-order valence-corrected chi connectivity index (χ1v) is 9.88. The number of hydrogen-bond acceptors (Lipinski definition) is 4. The molecule has 1 fully saturated rings. The third-order valence-corrected chi connectivity index (χ3v) is 5.65. The molecule has 1 aromatic heterocycles. The molecule has 0 atom stereocenters. The van der Waals surface area contributed by atoms with Gasteiger partial charge in [0.1, 0.15) is 0 Å². The number of nitrogens with one attached hydrogen (secondary N) is 1. The highest BCUT2D eigenvalue weighted by Gasteiger charge is 2.24. The molecule has 2 heterocycles. The lowest BCUT2D eigenvalue weighted by molar-refractivity contribution is -0.131. The molecule has 1 aliphatic rings. The van der Waals surface area contributed by atoms with E-state index in [-0.39, 0.29) is 10.8 Å². The molecule has 2 aromatic rings. The van der Waals surface area contributed by atoms with Gasteiger partial charge in [-0.25, -0.2) is 8.42 Å². The lowest BCUT2D eigenvalue weighted by Crippen LogP contribution is -2.38. The third-order valence-electron chi connectivity index (χ3n) is 4.52. The second-order valence-corrected chi connectivity index (χ2v) is 8.28. The van der Waals surface area contributed by atoms with Crippen LogP contribution in [0.25, 0.3) is 0 Å². The van der Waals surface area contributed by atoms with Crippen LogP contribution in [-0.2, 0) is 21.1 Å². The zero-order valence-electron chi connectivity index (χ0n) is 13.6. The summed E-state index contributed by atoms with van der Waals surface area (Å²) in [6.07, 6.45) is 5.10. The Morgan fingerprint density at radius 2 is 1.88 bits per heavy atom. The Hall–Kier alpha value is -2.15. The second kappa shape index (κ2) is 6.76. The zero-order chi connectivity index (χ0) is 17.2. The number of sulfone groups is 1. The molecule has 0 aliphatic carbocycles. The Balaban J connectivity index is 1.56. The van der Waals surface area contributed by atoms with E-state index in [4.69, 9.17) is 0 Å². The van der Waals surface area contributed by atoms with Gasteiger partial charge in [0, 0.05) is 37.2 Å². The Morgan fingerprint density at radius 1 is 1.21 bits per heavy atom. The standard InChI is InChI=1S/C17H21N3O3S/c1-24(22,23)15-4-2-13(3-5-15)12-17(21)20-10-7-14(8-11-20)16-6-9-18-19-16/h2-6,9,14H,7-8,10-12H2,1H3,(H,18,19). The number of likely N-dealkylation sites (tertiary alicyclic amines) is 1. The molecule has 0 spiro atoms. The molecule has 1 amide bonds. The van der Waals surface area contributed by atoms with Crippen LogP contribution in [0.2, 0.25) is 0 Å². The van der Waals surface area contributed by atoms with Gasteiger partial charge in [0.25, 0.3) is 0 Å². The van der Waals surface area contributed by atoms with Gasteiger partial charge in [0.2, 0.25) is 5.91 Å². The number of piperidine rings is 1. The summed E-state index contributed by atoms with van der Waals surface area (Å²) in [6, 6.07) is 8.54. The van der Waals surface area contributed by atoms with E-state index in [9.17, 15) is 13.2 Å². The highest BCUT2D eigenvalue weighted by Crippen LogP contribution is 2.26. The van der Waals surface area contributed by atoms with Gasteiger partial charge >= 0.3 is 0 Å². The highest BCUT2D eigenvalue weighted by atomic mass is 32.2. The highest BCUT2D eigenvalue weighted by molar-refractivity contribution is 7.90. The summed E-state index contributed by atoms with van der Waals surface area (Å²) < 4.78 is 22.9. The molecule has 7 heteroatoms. The van der Waals surface area contributed by atoms with Crippen molar-refractivity contribution in [3.8, 4) is 0 Å². The molecule has 24 heavy (non-hydrogen) atoms. The first kappa shape index (κ1) is 16.7. The maximum atomic E-state index is 12.4. The van der Waals surface area contributed by atoms with Gasteiger partial charge < -0.3 is 4.90 Å². The minimum absolute atomic E-state index is 0.0881. The first-order valence-electron chi connectivity index (χ1n) is 7.99. The van der Waals surface area contributed by atoms with Crippen molar-refractivity contribution >= 4 is 15.7 Å². The molecule has 0 bridgehead atoms. The van der Waals surface area contributed by atoms with Crippen LogP contribution in [0, 0.1) is 0 Å². The maximum Gasteiger partial charge on any atom is 0.226 e. The number of nitrogens with zero attached hydrogens (tertiary/aromatic N) is 2. The van der Waals surface area contributed by atoms with Crippen molar-refractivity contribution in [2.75, 3.05) is 19.3 Å². The Kier molecular flexibility index (Phi) is 4.71. The molecular formula is C17H21N3O3S. The molecular weight excluding hydrogens is 326 g/mol. The molecule has 1 N–H and O–H groups in total. The van der Waals surface area contributed by atoms with Gasteiger partial charge in [0.05, 0.1) is 11.3 Å². The topological polar surface area (TPSA) is 83.1 Å². The van der Waals surface area contributed by atoms with Crippen LogP contribution in [-0.4, -0.2) is 48.8 Å². The van der Waals surface area contributed by atoms with Gasteiger partial charge in [-0.15, -0.1) is 0 Å². The lowest BCUT2D eigenvalue weighted by atomic mass is 9.93. The number of amides is 1. The second-order valence-electron chi connectivity index (χ2n) is 6.26. The van der Waals surface area contributed by atoms with Gasteiger partial charge in [-0.2, -0.15) is 5.10 Å². The van der Waals surface area contributed by atoms with E-state index in [2.05, 4.69) is 10.2 Å². The Bertz CT molecular complexity index is 790. The van der Waals surface area contributed by atoms with Gasteiger partial charge in [0.15, 0.2) is 9.84 Å². The summed E-state index contributed by atoms with van der Waals surface area (Å²) in [7, 11) is -3.20. The number of carbonyl (C=O) groups is 1. The number of aromatic amines is 1. The molecule has 1 saturated heterocycles. The molecule has 0 radical (unpaired) electrons. The number of benzene rings is 1. The Morgan fingerprint density at radius 3 is 2.42 bits per heavy atom. The zero-order valence-corrected chi connectivity index (χ0v) is 14.4. The molecule has 6 nitrogen and oxygen atoms in total. The van der Waals surface area contributed by atoms with Crippen molar-refractivity contribution < 1.29 is 13.2 Å². The van der Waals surface area contributed by atoms with Crippen LogP contribution in [0.4, 0.5) is 0 Å². The van der Waals surface area contributed by atoms with E-state index in [0.717, 1.165) is 37.2 Å². The van der Waals surface area contributed by atoms with Gasteiger partial charge in [-0.3, -0.25) is 9.89 Å². The quantitative estimate of drug-likeness (QED) is 0.913. The fraction of sp³-hybridized carbons (Fsp3) is 0.412. The van der Waals surface area contributed by atoms with Crippen LogP contribution in [0.1, 0.15) is 30.0 Å². The maximum absolute atomic E-state index is 12.4. The molecule has 3 rings (SSSR count). The minimum atomic E-state index is -3.20. The molecule has 1 aromatic carbocycles. The Labute approximate surface area is 141 Å². The van der Waals surface area contributed by atoms with E-state index in [0.29, 0.717) is 12.3 Å². The molecule has 128 valence electrons. The van der Waals surface area contributed by atoms with E-state index >= 15 is 0 Å². The van der Waals surface area contributed by atoms with Crippen molar-refractivity contribution in [1.29, 1.82) is 0 Å². The summed E-state index contributed by atoms with van der Waals surface area (Å²) in [5.74, 6) is 0.524. The van der Waals surface area contributed by atoms with Crippen LogP contribution in [0.3, 0.4) is 0 Å². The summed E-state index contributed by atoms with van der Waals surface area (Å²) in [5, 5.41) is 6.99. The monoisotopic (exact) mass is 347 g/mol. The minimum Gasteiger partial charge on any atom is -0.342 e. The largest absolute Gasteiger partial charge is 0.342 e. The fourth-order valence-electron chi connectivity index (χ4n) is 3.07. The van der Waals surface area contributed by atoms with Crippen molar-refractivity contribution in [2.24, 2.45) is 0 Å². The smallest absolute Gasteiger partial charge is 0.226 e. The van der Waals surface area contributed by atoms with Gasteiger partial charge in [-0.1, -0.05) is 12.1 Å². The molecule has 1 aliphatic heterocycles. The predicted octanol–water partition coefficient (Wildman–Crippen LogP) is 1.76. The van der Waals surface area contributed by atoms with Crippen LogP contribution in [0.5, 0.6) is 0 Å². The van der Waals surface area contributed by atoms with Crippen molar-refractivity contribution in [2.45, 2.75) is 30.1 Å². The number of carbonyl (C=O) groups excluding carboxylic acids is 1. The molecule has 0 unspecified atom stereocenters. The van der Waals surface area contributed by atoms with Gasteiger partial charge in [-0.05, 0) is 36.6 Å². The summed E-state index contributed by atoms with van der Waals surface area (Å²) in [5.41, 5.74) is 1.97. The van der Waals surface area contributed by atoms with Crippen LogP contribution >= 0.6 is 0 Å². The number of aromatic nitrogens is 2. The lowest BCUT2D eigenvalue weighted by Gasteiger charge is -2.31. The van der Waals surface area contributed by atoms with E-state index in [1.807, 2.05) is 11.0 Å². The SMILES string of the molecule is CS(=O)(=O)c1ccc(CC(=O)N2CCC(c3ccn[nH]3)CC2)cc1. The van der Waals surface area contributed by atoms with Crippen LogP contribution < -0.4 is 0 Å². The number of hydrogen-bond donors (Lipinski definition) is 1. The van der Waals surface area contributed by atoms with E-state index < -0.39 is 9.84 Å². The average Bonchev–Trinajstić information content (AvgIpc) is 3.09. The van der Waals surface area contributed by atoms with Crippen molar-refractivity contribution in [3.63, 3.8) is 0 Å². The van der Waals surface area contributed by atoms with Crippen molar-refractivity contribution in [1.82, 2.24) is 15.1 Å². The molecule has 0 saturated carbocycles. The third kappa shape index (κ3) is 3.84. The summed E-state index contributed by atoms with van der Waals surface area (Å²) in [6.45, 7) is 1.48. The predicted molar refractivity (Wildman–Crippen MR) is 90.4 cm³/mol. The van der Waals surface area contributed by atoms with Crippen molar-refractivity contribution in [3.05, 3.63) is 47.8 Å². The van der Waals surface area contributed by atoms with E-state index in [1.165, 1.54) is 6.26 Å². The van der Waals surface area contributed by atoms with E-state index in [1.54, 1.807) is 30.5 Å². The fourth-order valence-corrected chi connectivity index (χ4v) is 3.71. The number of H-pyrrole nitrogens is 1. The van der Waals surface area contributed by atoms with Crippen LogP contribution in [0.15, 0.2) is 41.4 Å². The summed E-state index contributed by atoms with van der Waals surface area (Å²) in [4.78, 5) is 14.6.